The molecule has 0 bridgehead atoms. The van der Waals surface area contributed by atoms with Crippen molar-refractivity contribution in [1.29, 1.82) is 0 Å². The van der Waals surface area contributed by atoms with Crippen LogP contribution in [0.4, 0.5) is 0 Å². The van der Waals surface area contributed by atoms with E-state index in [4.69, 9.17) is 18.9 Å². The van der Waals surface area contributed by atoms with Gasteiger partial charge in [-0.2, -0.15) is 0 Å². The zero-order valence-corrected chi connectivity index (χ0v) is 42.4. The topological polar surface area (TPSA) is 313 Å². The third kappa shape index (κ3) is 20.6. The van der Waals surface area contributed by atoms with E-state index in [2.05, 4.69) is 40.1 Å². The van der Waals surface area contributed by atoms with E-state index in [1.54, 1.807) is 0 Å². The second kappa shape index (κ2) is 34.4. The van der Waals surface area contributed by atoms with Gasteiger partial charge in [0.25, 0.3) is 0 Å². The number of hydrogen-bond acceptors (Lipinski definition) is 16. The second-order valence-electron chi connectivity index (χ2n) is 17.6. The lowest BCUT2D eigenvalue weighted by Crippen LogP contribution is -2.57. The summed E-state index contributed by atoms with van der Waals surface area (Å²) in [6.45, 7) is 0.325. The fourth-order valence-corrected chi connectivity index (χ4v) is 8.72. The van der Waals surface area contributed by atoms with Crippen LogP contribution < -0.4 is 0 Å². The van der Waals surface area contributed by atoms with E-state index in [1.807, 2.05) is 141 Å². The Balaban J connectivity index is 1.61. The first-order valence-corrected chi connectivity index (χ1v) is 25.1. The van der Waals surface area contributed by atoms with Gasteiger partial charge in [0.15, 0.2) is 0 Å². The number of hydrogen-bond donors (Lipinski definition) is 0. The van der Waals surface area contributed by atoms with Gasteiger partial charge in [0, 0.05) is 98.2 Å². The molecule has 24 nitrogen and oxygen atoms in total. The molecule has 0 saturated carbocycles. The van der Waals surface area contributed by atoms with Crippen LogP contribution in [-0.2, 0) is 64.6 Å². The third-order valence-electron chi connectivity index (χ3n) is 12.7. The maximum Gasteiger partial charge on any atom is 0.323 e. The molecule has 1 heterocycles. The molecule has 0 N–H and O–H groups in total. The van der Waals surface area contributed by atoms with Crippen molar-refractivity contribution in [3.63, 3.8) is 0 Å². The summed E-state index contributed by atoms with van der Waals surface area (Å²) >= 11 is 0. The van der Waals surface area contributed by atoms with Gasteiger partial charge in [-0.1, -0.05) is 142 Å². The molecule has 0 aliphatic carbocycles. The summed E-state index contributed by atoms with van der Waals surface area (Å²) < 4.78 is 23.8. The Bertz CT molecular complexity index is 2230. The molecule has 1 saturated heterocycles. The number of carbonyl (C=O) groups excluding carboxylic acids is 4. The molecule has 0 aromatic heterocycles. The highest BCUT2D eigenvalue weighted by Gasteiger charge is 2.36. The molecule has 4 aromatic rings. The Kier molecular flexibility index (Phi) is 26.5. The highest BCUT2D eigenvalue weighted by molar-refractivity contribution is 5.77. The van der Waals surface area contributed by atoms with Crippen LogP contribution in [0, 0.1) is 0 Å². The summed E-state index contributed by atoms with van der Waals surface area (Å²) in [5, 5.41) is 15.1. The van der Waals surface area contributed by atoms with E-state index < -0.39 is 48.0 Å². The van der Waals surface area contributed by atoms with Crippen LogP contribution in [0.3, 0.4) is 0 Å². The smallest absolute Gasteiger partial charge is 0.323 e. The van der Waals surface area contributed by atoms with E-state index >= 15 is 0 Å². The summed E-state index contributed by atoms with van der Waals surface area (Å²) in [5.74, 6) is -2.41. The normalized spacial score (nSPS) is 15.4. The summed E-state index contributed by atoms with van der Waals surface area (Å²) in [5.41, 5.74) is 40.4. The summed E-state index contributed by atoms with van der Waals surface area (Å²) in [6.07, 6.45) is 0.176. The minimum absolute atomic E-state index is 0.0439. The molecule has 4 aromatic carbocycles. The SMILES string of the molecule is [N-]=[N+]=NCC[C@@H](C(=O)OCc1ccccc1)N1CCN([C@@H](CCN=[N+]=[N-])C(=O)OCc2ccccc2)CCN([C@@H](CCN=[N+]=[N-])C(=O)OCc2ccccc2)CCN([C@@H](CCN=[N+]=[N-])C(=O)OCc2ccccc2)CC1. The van der Waals surface area contributed by atoms with Gasteiger partial charge in [-0.05, 0) is 70.1 Å². The standard InChI is InChI=1S/C52H64N16O8/c53-61-57-25-21-45(49(69)73-37-41-13-5-1-6-14-41)65-29-31-66(46(22-26-58-62-54)50(70)74-38-42-15-7-2-8-16-42)33-35-68(48(24-28-60-64-56)52(72)76-40-44-19-11-4-12-20-44)36-34-67(32-30-65)47(23-27-59-63-55)51(71)75-39-43-17-9-3-10-18-43/h1-20,45-48H,21-40H2/t45-,46-,47-,48-/m0/s1. The molecule has 0 spiro atoms. The molecule has 0 unspecified atom stereocenters. The minimum atomic E-state index is -1.000. The van der Waals surface area contributed by atoms with E-state index in [9.17, 15) is 41.3 Å². The van der Waals surface area contributed by atoms with E-state index in [-0.39, 0.29) is 131 Å². The number of esters is 4. The monoisotopic (exact) mass is 1040 g/mol. The van der Waals surface area contributed by atoms with Gasteiger partial charge in [-0.3, -0.25) is 38.8 Å². The summed E-state index contributed by atoms with van der Waals surface area (Å²) in [7, 11) is 0. The minimum Gasteiger partial charge on any atom is -0.460 e. The first-order valence-electron chi connectivity index (χ1n) is 25.1. The Hall–Kier alpha value is -8.16. The fourth-order valence-electron chi connectivity index (χ4n) is 8.72. The first-order chi connectivity index (χ1) is 37.2. The molecule has 5 rings (SSSR count). The lowest BCUT2D eigenvalue weighted by atomic mass is 10.1. The Morgan fingerprint density at radius 1 is 0.355 bits per heavy atom. The second-order valence-corrected chi connectivity index (χ2v) is 17.6. The summed E-state index contributed by atoms with van der Waals surface area (Å²) in [6, 6.07) is 32.6. The predicted molar refractivity (Wildman–Crippen MR) is 281 cm³/mol. The highest BCUT2D eigenvalue weighted by Crippen LogP contribution is 2.20. The van der Waals surface area contributed by atoms with Gasteiger partial charge in [0.2, 0.25) is 0 Å². The third-order valence-corrected chi connectivity index (χ3v) is 12.7. The van der Waals surface area contributed by atoms with Gasteiger partial charge in [-0.25, -0.2) is 0 Å². The largest absolute Gasteiger partial charge is 0.460 e. The van der Waals surface area contributed by atoms with Crippen LogP contribution in [0.2, 0.25) is 0 Å². The molecule has 76 heavy (non-hydrogen) atoms. The number of rotatable bonds is 28. The predicted octanol–water partition coefficient (Wildman–Crippen LogP) is 8.46. The molecule has 0 radical (unpaired) electrons. The van der Waals surface area contributed by atoms with Crippen LogP contribution in [0.25, 0.3) is 41.8 Å². The van der Waals surface area contributed by atoms with Crippen LogP contribution in [0.5, 0.6) is 0 Å². The van der Waals surface area contributed by atoms with Crippen LogP contribution in [0.15, 0.2) is 142 Å². The Morgan fingerprint density at radius 2 is 0.539 bits per heavy atom. The number of ether oxygens (including phenoxy) is 4. The quantitative estimate of drug-likeness (QED) is 0.0170. The Morgan fingerprint density at radius 3 is 0.711 bits per heavy atom. The van der Waals surface area contributed by atoms with Gasteiger partial charge >= 0.3 is 23.9 Å². The molecule has 4 atom stereocenters. The van der Waals surface area contributed by atoms with E-state index in [0.717, 1.165) is 22.3 Å². The van der Waals surface area contributed by atoms with Gasteiger partial charge in [-0.15, -0.1) is 0 Å². The van der Waals surface area contributed by atoms with Crippen LogP contribution in [-0.4, -0.2) is 146 Å². The number of benzene rings is 4. The van der Waals surface area contributed by atoms with Crippen molar-refractivity contribution in [2.75, 3.05) is 78.5 Å². The van der Waals surface area contributed by atoms with Crippen molar-refractivity contribution >= 4 is 23.9 Å². The lowest BCUT2D eigenvalue weighted by Gasteiger charge is -2.40. The molecule has 1 fully saturated rings. The first kappa shape index (κ1) is 58.7. The van der Waals surface area contributed by atoms with Gasteiger partial charge in [0.05, 0.1) is 0 Å². The van der Waals surface area contributed by atoms with Crippen LogP contribution >= 0.6 is 0 Å². The van der Waals surface area contributed by atoms with Crippen molar-refractivity contribution in [3.8, 4) is 0 Å². The molecule has 1 aliphatic rings. The fraction of sp³-hybridized carbons (Fsp3) is 0.462. The molecular formula is C52H64N16O8. The van der Waals surface area contributed by atoms with Gasteiger partial charge in [0.1, 0.15) is 50.6 Å². The molecule has 400 valence electrons. The zero-order valence-electron chi connectivity index (χ0n) is 42.4. The Labute approximate surface area is 440 Å². The average Bonchev–Trinajstić information content (AvgIpc) is 3.45. The van der Waals surface area contributed by atoms with E-state index in [1.165, 1.54) is 0 Å². The van der Waals surface area contributed by atoms with Crippen molar-refractivity contribution in [2.45, 2.75) is 76.3 Å². The molecule has 24 heteroatoms. The molecule has 1 aliphatic heterocycles. The zero-order chi connectivity index (χ0) is 54.0. The van der Waals surface area contributed by atoms with Crippen molar-refractivity contribution < 1.29 is 38.1 Å². The van der Waals surface area contributed by atoms with Crippen molar-refractivity contribution in [1.82, 2.24) is 19.6 Å². The number of azide groups is 4. The van der Waals surface area contributed by atoms with Crippen LogP contribution in [0.1, 0.15) is 47.9 Å². The van der Waals surface area contributed by atoms with Crippen molar-refractivity contribution in [3.05, 3.63) is 185 Å². The number of nitrogens with zero attached hydrogens (tertiary/aromatic N) is 16. The summed E-state index contributed by atoms with van der Waals surface area (Å²) in [4.78, 5) is 76.8. The van der Waals surface area contributed by atoms with Crippen molar-refractivity contribution in [2.24, 2.45) is 20.5 Å². The average molecular weight is 1040 g/mol. The highest BCUT2D eigenvalue weighted by atomic mass is 16.5. The molecular weight excluding hydrogens is 977 g/mol. The lowest BCUT2D eigenvalue weighted by molar-refractivity contribution is -0.156. The maximum atomic E-state index is 14.4. The number of carbonyl (C=O) groups is 4. The molecule has 0 amide bonds. The van der Waals surface area contributed by atoms with E-state index in [0.29, 0.717) is 0 Å². The van der Waals surface area contributed by atoms with Gasteiger partial charge < -0.3 is 18.9 Å². The maximum absolute atomic E-state index is 14.4.